The van der Waals surface area contributed by atoms with Crippen molar-refractivity contribution in [1.29, 1.82) is 0 Å². The van der Waals surface area contributed by atoms with Gasteiger partial charge in [-0.2, -0.15) is 0 Å². The Bertz CT molecular complexity index is 363. The summed E-state index contributed by atoms with van der Waals surface area (Å²) in [5.74, 6) is -0.107. The molecule has 0 fully saturated rings. The highest BCUT2D eigenvalue weighted by atomic mass is 16.6. The van der Waals surface area contributed by atoms with E-state index in [0.29, 0.717) is 6.42 Å². The van der Waals surface area contributed by atoms with Crippen LogP contribution in [0.1, 0.15) is 39.2 Å². The second-order valence-electron chi connectivity index (χ2n) is 5.43. The highest BCUT2D eigenvalue weighted by Gasteiger charge is 2.15. The zero-order chi connectivity index (χ0) is 12.9. The fourth-order valence-electron chi connectivity index (χ4n) is 1.58. The first-order chi connectivity index (χ1) is 7.87. The van der Waals surface area contributed by atoms with E-state index in [-0.39, 0.29) is 11.6 Å². The number of carbonyl (C=O) groups is 1. The molecular formula is C14H21BO2. The van der Waals surface area contributed by atoms with E-state index in [1.165, 1.54) is 11.0 Å². The molecule has 3 heteroatoms. The normalized spacial score (nSPS) is 11.2. The Hall–Kier alpha value is -1.25. The summed E-state index contributed by atoms with van der Waals surface area (Å²) in [6.45, 7) is 5.68. The van der Waals surface area contributed by atoms with Gasteiger partial charge in [0.25, 0.3) is 0 Å². The van der Waals surface area contributed by atoms with Gasteiger partial charge in [-0.3, -0.25) is 4.79 Å². The number of rotatable bonds is 4. The highest BCUT2D eigenvalue weighted by Crippen LogP contribution is 2.10. The highest BCUT2D eigenvalue weighted by molar-refractivity contribution is 6.32. The molecular weight excluding hydrogens is 211 g/mol. The molecule has 0 unspecified atom stereocenters. The van der Waals surface area contributed by atoms with Crippen LogP contribution < -0.4 is 5.46 Å². The van der Waals surface area contributed by atoms with Crippen LogP contribution in [0.25, 0.3) is 0 Å². The number of hydrogen-bond acceptors (Lipinski definition) is 2. The van der Waals surface area contributed by atoms with Crippen molar-refractivity contribution >= 4 is 19.3 Å². The van der Waals surface area contributed by atoms with Crippen molar-refractivity contribution in [2.24, 2.45) is 0 Å². The molecule has 1 aromatic rings. The molecule has 0 aromatic heterocycles. The molecule has 2 nitrogen and oxygen atoms in total. The summed E-state index contributed by atoms with van der Waals surface area (Å²) in [7, 11) is 2.07. The molecule has 0 heterocycles. The van der Waals surface area contributed by atoms with Crippen LogP contribution in [0.2, 0.25) is 0 Å². The number of benzene rings is 1. The average Bonchev–Trinajstić information content (AvgIpc) is 2.18. The van der Waals surface area contributed by atoms with Gasteiger partial charge in [0, 0.05) is 6.42 Å². The van der Waals surface area contributed by atoms with Gasteiger partial charge in [-0.1, -0.05) is 29.7 Å². The summed E-state index contributed by atoms with van der Waals surface area (Å²) in [5.41, 5.74) is 2.17. The molecule has 0 saturated heterocycles. The Balaban J connectivity index is 2.28. The summed E-state index contributed by atoms with van der Waals surface area (Å²) < 4.78 is 5.26. The van der Waals surface area contributed by atoms with Crippen LogP contribution in [0.5, 0.6) is 0 Å². The Morgan fingerprint density at radius 3 is 2.35 bits per heavy atom. The predicted octanol–water partition coefficient (Wildman–Crippen LogP) is 1.61. The third-order valence-corrected chi connectivity index (χ3v) is 2.39. The van der Waals surface area contributed by atoms with E-state index in [9.17, 15) is 4.79 Å². The van der Waals surface area contributed by atoms with Gasteiger partial charge in [0.1, 0.15) is 13.4 Å². The maximum atomic E-state index is 11.5. The van der Waals surface area contributed by atoms with Crippen LogP contribution in [-0.2, 0) is 16.0 Å². The fourth-order valence-corrected chi connectivity index (χ4v) is 1.58. The molecule has 0 aliphatic heterocycles. The lowest BCUT2D eigenvalue weighted by atomic mass is 9.94. The molecule has 0 amide bonds. The van der Waals surface area contributed by atoms with Crippen LogP contribution in [0.15, 0.2) is 24.3 Å². The Morgan fingerprint density at radius 1 is 1.24 bits per heavy atom. The number of aryl methyl sites for hydroxylation is 1. The van der Waals surface area contributed by atoms with Crippen LogP contribution in [0.3, 0.4) is 0 Å². The van der Waals surface area contributed by atoms with Crippen molar-refractivity contribution in [1.82, 2.24) is 0 Å². The van der Waals surface area contributed by atoms with Crippen LogP contribution in [0, 0.1) is 0 Å². The van der Waals surface area contributed by atoms with Gasteiger partial charge < -0.3 is 4.74 Å². The lowest BCUT2D eigenvalue weighted by molar-refractivity contribution is -0.154. The van der Waals surface area contributed by atoms with E-state index in [0.717, 1.165) is 12.8 Å². The molecule has 0 N–H and O–H groups in total. The van der Waals surface area contributed by atoms with E-state index < -0.39 is 0 Å². The minimum atomic E-state index is -0.374. The van der Waals surface area contributed by atoms with Crippen molar-refractivity contribution in [2.45, 2.75) is 45.6 Å². The van der Waals surface area contributed by atoms with Gasteiger partial charge in [-0.25, -0.2) is 0 Å². The van der Waals surface area contributed by atoms with Gasteiger partial charge in [0.15, 0.2) is 0 Å². The summed E-state index contributed by atoms with van der Waals surface area (Å²) >= 11 is 0. The smallest absolute Gasteiger partial charge is 0.306 e. The Kier molecular flexibility index (Phi) is 4.79. The van der Waals surface area contributed by atoms with E-state index in [4.69, 9.17) is 4.74 Å². The largest absolute Gasteiger partial charge is 0.460 e. The van der Waals surface area contributed by atoms with Gasteiger partial charge in [-0.15, -0.1) is 0 Å². The summed E-state index contributed by atoms with van der Waals surface area (Å²) in [6, 6.07) is 8.43. The molecule has 0 saturated carbocycles. The van der Waals surface area contributed by atoms with Crippen molar-refractivity contribution in [3.8, 4) is 0 Å². The predicted molar refractivity (Wildman–Crippen MR) is 73.4 cm³/mol. The van der Waals surface area contributed by atoms with Gasteiger partial charge in [-0.05, 0) is 39.2 Å². The van der Waals surface area contributed by atoms with Crippen molar-refractivity contribution in [2.75, 3.05) is 0 Å². The second kappa shape index (κ2) is 5.90. The standard InChI is InChI=1S/C14H21BO2/c1-14(2,3)17-13(16)6-4-5-11-7-9-12(15)10-8-11/h7-10H,4-6,15H2,1-3H3. The summed E-state index contributed by atoms with van der Waals surface area (Å²) in [6.07, 6.45) is 2.27. The number of esters is 1. The van der Waals surface area contributed by atoms with E-state index in [2.05, 4.69) is 32.1 Å². The molecule has 0 aliphatic carbocycles. The number of carbonyl (C=O) groups excluding carboxylic acids is 1. The SMILES string of the molecule is Bc1ccc(CCCC(=O)OC(C)(C)C)cc1. The number of ether oxygens (including phenoxy) is 1. The molecule has 0 aliphatic rings. The van der Waals surface area contributed by atoms with Crippen molar-refractivity contribution in [3.63, 3.8) is 0 Å². The van der Waals surface area contributed by atoms with E-state index in [1.807, 2.05) is 20.8 Å². The van der Waals surface area contributed by atoms with Crippen LogP contribution in [0.4, 0.5) is 0 Å². The van der Waals surface area contributed by atoms with Gasteiger partial charge in [0.2, 0.25) is 0 Å². The quantitative estimate of drug-likeness (QED) is 0.582. The number of hydrogen-bond donors (Lipinski definition) is 0. The molecule has 1 aromatic carbocycles. The van der Waals surface area contributed by atoms with Gasteiger partial charge in [0.05, 0.1) is 0 Å². The first kappa shape index (κ1) is 13.8. The second-order valence-corrected chi connectivity index (χ2v) is 5.43. The monoisotopic (exact) mass is 232 g/mol. The molecule has 0 radical (unpaired) electrons. The molecule has 0 spiro atoms. The summed E-state index contributed by atoms with van der Waals surface area (Å²) in [4.78, 5) is 11.5. The lowest BCUT2D eigenvalue weighted by Gasteiger charge is -2.19. The zero-order valence-electron chi connectivity index (χ0n) is 11.2. The topological polar surface area (TPSA) is 26.3 Å². The van der Waals surface area contributed by atoms with Crippen LogP contribution >= 0.6 is 0 Å². The zero-order valence-corrected chi connectivity index (χ0v) is 11.2. The maximum Gasteiger partial charge on any atom is 0.306 e. The Morgan fingerprint density at radius 2 is 1.82 bits per heavy atom. The van der Waals surface area contributed by atoms with E-state index in [1.54, 1.807) is 0 Å². The van der Waals surface area contributed by atoms with Gasteiger partial charge >= 0.3 is 5.97 Å². The Labute approximate surface area is 105 Å². The average molecular weight is 232 g/mol. The molecule has 1 rings (SSSR count). The third-order valence-electron chi connectivity index (χ3n) is 2.39. The summed E-state index contributed by atoms with van der Waals surface area (Å²) in [5, 5.41) is 0. The minimum absolute atomic E-state index is 0.107. The molecule has 92 valence electrons. The fraction of sp³-hybridized carbons (Fsp3) is 0.500. The minimum Gasteiger partial charge on any atom is -0.460 e. The maximum absolute atomic E-state index is 11.5. The van der Waals surface area contributed by atoms with Crippen molar-refractivity contribution in [3.05, 3.63) is 29.8 Å². The van der Waals surface area contributed by atoms with E-state index >= 15 is 0 Å². The first-order valence-corrected chi connectivity index (χ1v) is 6.14. The third kappa shape index (κ3) is 6.15. The van der Waals surface area contributed by atoms with Crippen LogP contribution in [-0.4, -0.2) is 19.4 Å². The lowest BCUT2D eigenvalue weighted by Crippen LogP contribution is -2.23. The molecule has 0 bridgehead atoms. The molecule has 0 atom stereocenters. The van der Waals surface area contributed by atoms with Crippen molar-refractivity contribution < 1.29 is 9.53 Å². The molecule has 17 heavy (non-hydrogen) atoms. The first-order valence-electron chi connectivity index (χ1n) is 6.14.